The van der Waals surface area contributed by atoms with Crippen LogP contribution in [0.5, 0.6) is 0 Å². The molecular weight excluding hydrogens is 256 g/mol. The second-order valence-corrected chi connectivity index (χ2v) is 5.70. The molecule has 1 saturated carbocycles. The summed E-state index contributed by atoms with van der Waals surface area (Å²) in [4.78, 5) is 15.4. The Kier molecular flexibility index (Phi) is 5.00. The first-order valence-electron chi connectivity index (χ1n) is 6.84. The van der Waals surface area contributed by atoms with Gasteiger partial charge in [0.05, 0.1) is 17.0 Å². The molecule has 1 amide bonds. The van der Waals surface area contributed by atoms with Gasteiger partial charge in [0, 0.05) is 18.0 Å². The normalized spacial score (nSPS) is 13.8. The monoisotopic (exact) mass is 276 g/mol. The molecule has 2 N–H and O–H groups in total. The Morgan fingerprint density at radius 3 is 3.00 bits per heavy atom. The molecule has 102 valence electrons. The van der Waals surface area contributed by atoms with E-state index in [4.69, 9.17) is 5.73 Å². The summed E-state index contributed by atoms with van der Waals surface area (Å²) in [7, 11) is 0. The Morgan fingerprint density at radius 2 is 2.37 bits per heavy atom. The lowest BCUT2D eigenvalue weighted by molar-refractivity contribution is 0.0741. The highest BCUT2D eigenvalue weighted by atomic mass is 32.1. The maximum atomic E-state index is 12.5. The van der Waals surface area contributed by atoms with Gasteiger partial charge in [-0.05, 0) is 25.3 Å². The van der Waals surface area contributed by atoms with Crippen molar-refractivity contribution in [2.45, 2.75) is 38.6 Å². The maximum absolute atomic E-state index is 12.5. The van der Waals surface area contributed by atoms with Crippen LogP contribution in [0, 0.1) is 11.8 Å². The van der Waals surface area contributed by atoms with Gasteiger partial charge in [-0.1, -0.05) is 25.2 Å². The number of hydrogen-bond donors (Lipinski definition) is 1. The third-order valence-electron chi connectivity index (χ3n) is 3.16. The number of nitrogens with zero attached hydrogens (tertiary/aromatic N) is 1. The molecule has 3 nitrogen and oxygen atoms in total. The van der Waals surface area contributed by atoms with Crippen LogP contribution in [0.1, 0.15) is 47.8 Å². The van der Waals surface area contributed by atoms with Gasteiger partial charge in [-0.3, -0.25) is 4.79 Å². The molecule has 1 aliphatic carbocycles. The Labute approximate surface area is 118 Å². The average molecular weight is 276 g/mol. The molecule has 0 aromatic carbocycles. The van der Waals surface area contributed by atoms with Crippen molar-refractivity contribution in [2.75, 3.05) is 13.1 Å². The summed E-state index contributed by atoms with van der Waals surface area (Å²) in [6, 6.07) is 2.36. The topological polar surface area (TPSA) is 46.3 Å². The van der Waals surface area contributed by atoms with Gasteiger partial charge in [-0.2, -0.15) is 0 Å². The van der Waals surface area contributed by atoms with Gasteiger partial charge in [-0.15, -0.1) is 11.3 Å². The molecular formula is C15H20N2OS. The maximum Gasteiger partial charge on any atom is 0.254 e. The molecule has 1 aliphatic rings. The predicted octanol–water partition coefficient (Wildman–Crippen LogP) is 2.46. The first-order chi connectivity index (χ1) is 9.26. The van der Waals surface area contributed by atoms with Crippen LogP contribution >= 0.6 is 11.3 Å². The van der Waals surface area contributed by atoms with Gasteiger partial charge < -0.3 is 10.6 Å². The van der Waals surface area contributed by atoms with E-state index in [0.29, 0.717) is 12.6 Å². The van der Waals surface area contributed by atoms with E-state index < -0.39 is 0 Å². The van der Waals surface area contributed by atoms with Crippen LogP contribution in [0.15, 0.2) is 11.4 Å². The molecule has 2 rings (SSSR count). The number of amides is 1. The summed E-state index contributed by atoms with van der Waals surface area (Å²) in [6.45, 7) is 3.38. The highest BCUT2D eigenvalue weighted by Crippen LogP contribution is 2.29. The van der Waals surface area contributed by atoms with E-state index in [1.54, 1.807) is 0 Å². The lowest BCUT2D eigenvalue weighted by Gasteiger charge is -2.21. The van der Waals surface area contributed by atoms with Crippen molar-refractivity contribution in [3.8, 4) is 11.8 Å². The van der Waals surface area contributed by atoms with Crippen LogP contribution in [-0.4, -0.2) is 29.9 Å². The van der Waals surface area contributed by atoms with E-state index in [1.165, 1.54) is 11.3 Å². The van der Waals surface area contributed by atoms with Gasteiger partial charge in [0.25, 0.3) is 5.91 Å². The average Bonchev–Trinajstić information content (AvgIpc) is 3.14. The van der Waals surface area contributed by atoms with E-state index in [-0.39, 0.29) is 5.91 Å². The van der Waals surface area contributed by atoms with Crippen molar-refractivity contribution in [3.63, 3.8) is 0 Å². The molecule has 0 bridgehead atoms. The second kappa shape index (κ2) is 6.74. The number of thiophene rings is 1. The standard InChI is InChI=1S/C15H20N2OS/c1-2-3-9-17(13-6-7-13)15(18)12-10-14(19-11-12)5-4-8-16/h10-11,13H,2-3,6-9,16H2,1H3. The van der Waals surface area contributed by atoms with Gasteiger partial charge >= 0.3 is 0 Å². The zero-order valence-corrected chi connectivity index (χ0v) is 12.1. The van der Waals surface area contributed by atoms with Gasteiger partial charge in [0.1, 0.15) is 0 Å². The fourth-order valence-electron chi connectivity index (χ4n) is 1.98. The van der Waals surface area contributed by atoms with Crippen LogP contribution < -0.4 is 5.73 Å². The Hall–Kier alpha value is -1.31. The van der Waals surface area contributed by atoms with Gasteiger partial charge in [-0.25, -0.2) is 0 Å². The van der Waals surface area contributed by atoms with Crippen LogP contribution in [0.3, 0.4) is 0 Å². The molecule has 0 saturated heterocycles. The minimum absolute atomic E-state index is 0.160. The van der Waals surface area contributed by atoms with Crippen LogP contribution in [-0.2, 0) is 0 Å². The van der Waals surface area contributed by atoms with Crippen LogP contribution in [0.25, 0.3) is 0 Å². The molecule has 0 aliphatic heterocycles. The molecule has 1 aromatic heterocycles. The zero-order valence-electron chi connectivity index (χ0n) is 11.3. The molecule has 0 unspecified atom stereocenters. The van der Waals surface area contributed by atoms with E-state index >= 15 is 0 Å². The Balaban J connectivity index is 2.06. The smallest absolute Gasteiger partial charge is 0.254 e. The van der Waals surface area contributed by atoms with Crippen molar-refractivity contribution in [1.82, 2.24) is 4.90 Å². The number of carbonyl (C=O) groups is 1. The highest BCUT2D eigenvalue weighted by Gasteiger charge is 2.32. The minimum atomic E-state index is 0.160. The van der Waals surface area contributed by atoms with Gasteiger partial charge in [0.2, 0.25) is 0 Å². The van der Waals surface area contributed by atoms with Gasteiger partial charge in [0.15, 0.2) is 0 Å². The third-order valence-corrected chi connectivity index (χ3v) is 4.01. The lowest BCUT2D eigenvalue weighted by atomic mass is 10.2. The molecule has 0 radical (unpaired) electrons. The molecule has 1 fully saturated rings. The number of hydrogen-bond acceptors (Lipinski definition) is 3. The number of unbranched alkanes of at least 4 members (excludes halogenated alkanes) is 1. The predicted molar refractivity (Wildman–Crippen MR) is 79.2 cm³/mol. The summed E-state index contributed by atoms with van der Waals surface area (Å²) >= 11 is 1.51. The summed E-state index contributed by atoms with van der Waals surface area (Å²) in [5, 5.41) is 1.91. The Morgan fingerprint density at radius 1 is 1.58 bits per heavy atom. The van der Waals surface area contributed by atoms with Crippen molar-refractivity contribution in [2.24, 2.45) is 5.73 Å². The fourth-order valence-corrected chi connectivity index (χ4v) is 2.73. The molecule has 1 heterocycles. The SMILES string of the molecule is CCCCN(C(=O)c1csc(C#CCN)c1)C1CC1. The van der Waals surface area contributed by atoms with Crippen LogP contribution in [0.2, 0.25) is 0 Å². The third kappa shape index (κ3) is 3.82. The van der Waals surface area contributed by atoms with Crippen LogP contribution in [0.4, 0.5) is 0 Å². The molecule has 19 heavy (non-hydrogen) atoms. The molecule has 4 heteroatoms. The van der Waals surface area contributed by atoms with Crippen molar-refractivity contribution in [1.29, 1.82) is 0 Å². The van der Waals surface area contributed by atoms with Crippen molar-refractivity contribution >= 4 is 17.2 Å². The van der Waals surface area contributed by atoms with E-state index in [9.17, 15) is 4.79 Å². The highest BCUT2D eigenvalue weighted by molar-refractivity contribution is 7.10. The quantitative estimate of drug-likeness (QED) is 0.840. The number of nitrogens with two attached hydrogens (primary N) is 1. The van der Waals surface area contributed by atoms with Crippen molar-refractivity contribution in [3.05, 3.63) is 21.9 Å². The van der Waals surface area contributed by atoms with E-state index in [0.717, 1.165) is 42.7 Å². The van der Waals surface area contributed by atoms with Crippen molar-refractivity contribution < 1.29 is 4.79 Å². The zero-order chi connectivity index (χ0) is 13.7. The summed E-state index contributed by atoms with van der Waals surface area (Å²) in [6.07, 6.45) is 4.50. The summed E-state index contributed by atoms with van der Waals surface area (Å²) < 4.78 is 0. The first-order valence-corrected chi connectivity index (χ1v) is 7.72. The second-order valence-electron chi connectivity index (χ2n) is 4.79. The summed E-state index contributed by atoms with van der Waals surface area (Å²) in [5.41, 5.74) is 6.12. The fraction of sp³-hybridized carbons (Fsp3) is 0.533. The van der Waals surface area contributed by atoms with E-state index in [2.05, 4.69) is 18.8 Å². The summed E-state index contributed by atoms with van der Waals surface area (Å²) in [5.74, 6) is 5.96. The molecule has 0 atom stereocenters. The number of carbonyl (C=O) groups excluding carboxylic acids is 1. The molecule has 1 aromatic rings. The first kappa shape index (κ1) is 14.1. The Bertz CT molecular complexity index is 494. The van der Waals surface area contributed by atoms with E-state index in [1.807, 2.05) is 16.3 Å². The number of rotatable bonds is 5. The lowest BCUT2D eigenvalue weighted by Crippen LogP contribution is -2.33. The largest absolute Gasteiger partial charge is 0.336 e. The minimum Gasteiger partial charge on any atom is -0.336 e. The molecule has 0 spiro atoms.